The number of rotatable bonds is 8. The van der Waals surface area contributed by atoms with Gasteiger partial charge in [-0.2, -0.15) is 0 Å². The van der Waals surface area contributed by atoms with Crippen molar-refractivity contribution < 1.29 is 22.4 Å². The van der Waals surface area contributed by atoms with E-state index in [1.807, 2.05) is 0 Å². The second-order valence-corrected chi connectivity index (χ2v) is 8.90. The number of hydrogen-bond donors (Lipinski definition) is 3. The molecular weight excluding hydrogens is 465 g/mol. The standard InChI is InChI=1S/C20H17Cl2N3O5S/c21-13-6-7-17(18(22)9-13)20(27)23-12-19(26)25-14-3-1-5-16(10-14)31(28,29)24-11-15-4-2-8-30-15/h1-10,24H,11-12H2,(H,23,27)(H,25,26). The van der Waals surface area contributed by atoms with E-state index >= 15 is 0 Å². The molecule has 162 valence electrons. The molecule has 31 heavy (non-hydrogen) atoms. The summed E-state index contributed by atoms with van der Waals surface area (Å²) in [5.41, 5.74) is 0.430. The van der Waals surface area contributed by atoms with Gasteiger partial charge in [0.05, 0.1) is 34.8 Å². The van der Waals surface area contributed by atoms with Gasteiger partial charge < -0.3 is 15.1 Å². The zero-order valence-electron chi connectivity index (χ0n) is 15.9. The van der Waals surface area contributed by atoms with Crippen LogP contribution in [0.4, 0.5) is 5.69 Å². The third-order valence-electron chi connectivity index (χ3n) is 4.03. The predicted molar refractivity (Wildman–Crippen MR) is 117 cm³/mol. The van der Waals surface area contributed by atoms with Crippen molar-refractivity contribution in [3.63, 3.8) is 0 Å². The summed E-state index contributed by atoms with van der Waals surface area (Å²) in [6.07, 6.45) is 1.44. The molecule has 0 unspecified atom stereocenters. The van der Waals surface area contributed by atoms with Gasteiger partial charge in [0.1, 0.15) is 5.76 Å². The fraction of sp³-hybridized carbons (Fsp3) is 0.100. The van der Waals surface area contributed by atoms with Crippen LogP contribution < -0.4 is 15.4 Å². The number of carbonyl (C=O) groups excluding carboxylic acids is 2. The molecule has 8 nitrogen and oxygen atoms in total. The van der Waals surface area contributed by atoms with Crippen molar-refractivity contribution in [2.45, 2.75) is 11.4 Å². The van der Waals surface area contributed by atoms with Crippen LogP contribution in [0.15, 0.2) is 70.2 Å². The number of furan rings is 1. The van der Waals surface area contributed by atoms with Crippen molar-refractivity contribution in [1.82, 2.24) is 10.0 Å². The summed E-state index contributed by atoms with van der Waals surface area (Å²) < 4.78 is 32.4. The van der Waals surface area contributed by atoms with Crippen LogP contribution in [-0.2, 0) is 21.4 Å². The maximum Gasteiger partial charge on any atom is 0.253 e. The molecule has 0 aliphatic rings. The molecular formula is C20H17Cl2N3O5S. The quantitative estimate of drug-likeness (QED) is 0.455. The first-order valence-corrected chi connectivity index (χ1v) is 11.1. The number of benzene rings is 2. The third kappa shape index (κ3) is 6.31. The zero-order chi connectivity index (χ0) is 22.4. The number of amides is 2. The first-order chi connectivity index (χ1) is 14.7. The van der Waals surface area contributed by atoms with Crippen LogP contribution >= 0.6 is 23.2 Å². The van der Waals surface area contributed by atoms with Crippen molar-refractivity contribution in [3.05, 3.63) is 82.2 Å². The maximum atomic E-state index is 12.4. The number of nitrogens with one attached hydrogen (secondary N) is 3. The molecule has 3 N–H and O–H groups in total. The van der Waals surface area contributed by atoms with E-state index < -0.39 is 21.8 Å². The molecule has 0 bridgehead atoms. The predicted octanol–water partition coefficient (Wildman–Crippen LogP) is 3.43. The average Bonchev–Trinajstić information content (AvgIpc) is 3.25. The summed E-state index contributed by atoms with van der Waals surface area (Å²) in [6.45, 7) is -0.350. The lowest BCUT2D eigenvalue weighted by atomic mass is 10.2. The molecule has 1 heterocycles. The van der Waals surface area contributed by atoms with Gasteiger partial charge in [0.2, 0.25) is 15.9 Å². The molecule has 0 spiro atoms. The third-order valence-corrected chi connectivity index (χ3v) is 5.98. The van der Waals surface area contributed by atoms with Crippen LogP contribution in [-0.4, -0.2) is 26.8 Å². The minimum atomic E-state index is -3.82. The van der Waals surface area contributed by atoms with E-state index in [2.05, 4.69) is 15.4 Å². The summed E-state index contributed by atoms with van der Waals surface area (Å²) in [6, 6.07) is 13.4. The van der Waals surface area contributed by atoms with E-state index in [1.165, 1.54) is 48.7 Å². The lowest BCUT2D eigenvalue weighted by molar-refractivity contribution is -0.115. The van der Waals surface area contributed by atoms with Gasteiger partial charge in [-0.15, -0.1) is 0 Å². The highest BCUT2D eigenvalue weighted by molar-refractivity contribution is 7.89. The number of hydrogen-bond acceptors (Lipinski definition) is 5. The van der Waals surface area contributed by atoms with Gasteiger partial charge in [-0.1, -0.05) is 29.3 Å². The number of halogens is 2. The van der Waals surface area contributed by atoms with Crippen molar-refractivity contribution in [1.29, 1.82) is 0 Å². The number of carbonyl (C=O) groups is 2. The first-order valence-electron chi connectivity index (χ1n) is 8.90. The Morgan fingerprint density at radius 3 is 2.52 bits per heavy atom. The Morgan fingerprint density at radius 2 is 1.81 bits per heavy atom. The summed E-state index contributed by atoms with van der Waals surface area (Å²) in [4.78, 5) is 24.3. The van der Waals surface area contributed by atoms with Crippen molar-refractivity contribution in [3.8, 4) is 0 Å². The Bertz CT molecular complexity index is 1200. The van der Waals surface area contributed by atoms with Crippen molar-refractivity contribution in [2.24, 2.45) is 0 Å². The topological polar surface area (TPSA) is 118 Å². The summed E-state index contributed by atoms with van der Waals surface area (Å²) >= 11 is 11.8. The summed E-state index contributed by atoms with van der Waals surface area (Å²) in [7, 11) is -3.82. The molecule has 3 rings (SSSR count). The van der Waals surface area contributed by atoms with Crippen molar-refractivity contribution >= 4 is 50.7 Å². The molecule has 0 saturated carbocycles. The lowest BCUT2D eigenvalue weighted by Gasteiger charge is -2.10. The molecule has 0 aliphatic carbocycles. The highest BCUT2D eigenvalue weighted by Crippen LogP contribution is 2.21. The number of sulfonamides is 1. The molecule has 0 saturated heterocycles. The molecule has 0 fully saturated rings. The monoisotopic (exact) mass is 481 g/mol. The fourth-order valence-electron chi connectivity index (χ4n) is 2.54. The maximum absolute atomic E-state index is 12.4. The minimum Gasteiger partial charge on any atom is -0.468 e. The van der Waals surface area contributed by atoms with Gasteiger partial charge in [0.15, 0.2) is 0 Å². The van der Waals surface area contributed by atoms with E-state index in [0.29, 0.717) is 10.8 Å². The largest absolute Gasteiger partial charge is 0.468 e. The van der Waals surface area contributed by atoms with Crippen LogP contribution in [0.2, 0.25) is 10.0 Å². The van der Waals surface area contributed by atoms with Gasteiger partial charge in [-0.05, 0) is 48.5 Å². The van der Waals surface area contributed by atoms with Crippen molar-refractivity contribution in [2.75, 3.05) is 11.9 Å². The molecule has 1 aromatic heterocycles. The fourth-order valence-corrected chi connectivity index (χ4v) is 4.07. The minimum absolute atomic E-state index is 0.00872. The Kier molecular flexibility index (Phi) is 7.34. The SMILES string of the molecule is O=C(CNC(=O)c1ccc(Cl)cc1Cl)Nc1cccc(S(=O)(=O)NCc2ccco2)c1. The highest BCUT2D eigenvalue weighted by Gasteiger charge is 2.16. The summed E-state index contributed by atoms with van der Waals surface area (Å²) in [5.74, 6) is -0.628. The smallest absolute Gasteiger partial charge is 0.253 e. The van der Waals surface area contributed by atoms with Gasteiger partial charge in [-0.3, -0.25) is 9.59 Å². The van der Waals surface area contributed by atoms with Gasteiger partial charge in [-0.25, -0.2) is 13.1 Å². The Morgan fingerprint density at radius 1 is 1.00 bits per heavy atom. The van der Waals surface area contributed by atoms with Crippen LogP contribution in [0, 0.1) is 0 Å². The molecule has 0 radical (unpaired) electrons. The van der Waals surface area contributed by atoms with Crippen LogP contribution in [0.25, 0.3) is 0 Å². The molecule has 3 aromatic rings. The molecule has 0 atom stereocenters. The molecule has 0 aliphatic heterocycles. The normalized spacial score (nSPS) is 11.2. The van der Waals surface area contributed by atoms with E-state index in [4.69, 9.17) is 27.6 Å². The van der Waals surface area contributed by atoms with E-state index in [1.54, 1.807) is 12.1 Å². The average molecular weight is 482 g/mol. The first kappa shape index (κ1) is 22.8. The molecule has 2 amide bonds. The molecule has 11 heteroatoms. The Hall–Kier alpha value is -2.85. The summed E-state index contributed by atoms with van der Waals surface area (Å²) in [5, 5.41) is 5.52. The second kappa shape index (κ2) is 9.97. The van der Waals surface area contributed by atoms with Gasteiger partial charge in [0, 0.05) is 10.7 Å². The Labute approximate surface area is 188 Å². The van der Waals surface area contributed by atoms with Crippen LogP contribution in [0.5, 0.6) is 0 Å². The Balaban J connectivity index is 1.58. The van der Waals surface area contributed by atoms with E-state index in [0.717, 1.165) is 0 Å². The zero-order valence-corrected chi connectivity index (χ0v) is 18.2. The van der Waals surface area contributed by atoms with Crippen LogP contribution in [0.1, 0.15) is 16.1 Å². The molecule has 2 aromatic carbocycles. The van der Waals surface area contributed by atoms with E-state index in [-0.39, 0.29) is 34.3 Å². The lowest BCUT2D eigenvalue weighted by Crippen LogP contribution is -2.33. The van der Waals surface area contributed by atoms with Gasteiger partial charge >= 0.3 is 0 Å². The van der Waals surface area contributed by atoms with Gasteiger partial charge in [0.25, 0.3) is 5.91 Å². The highest BCUT2D eigenvalue weighted by atomic mass is 35.5. The second-order valence-electron chi connectivity index (χ2n) is 6.29. The van der Waals surface area contributed by atoms with E-state index in [9.17, 15) is 18.0 Å². The number of anilines is 1. The van der Waals surface area contributed by atoms with Crippen LogP contribution in [0.3, 0.4) is 0 Å².